The molecular formula is C13H20FNO. The second kappa shape index (κ2) is 6.46. The molecule has 90 valence electrons. The Kier molecular flexibility index (Phi) is 5.23. The molecule has 0 aliphatic rings. The van der Waals surface area contributed by atoms with E-state index in [0.717, 1.165) is 19.0 Å². The summed E-state index contributed by atoms with van der Waals surface area (Å²) in [5, 5.41) is 9.56. The summed E-state index contributed by atoms with van der Waals surface area (Å²) in [6, 6.07) is 0. The summed E-state index contributed by atoms with van der Waals surface area (Å²) in [6.07, 6.45) is 8.33. The van der Waals surface area contributed by atoms with Crippen LogP contribution in [0.4, 0.5) is 4.39 Å². The van der Waals surface area contributed by atoms with Crippen molar-refractivity contribution in [2.24, 2.45) is 0 Å². The molecule has 0 radical (unpaired) electrons. The van der Waals surface area contributed by atoms with E-state index in [2.05, 4.69) is 11.9 Å². The fraction of sp³-hybridized carbons (Fsp3) is 0.615. The molecule has 0 aliphatic carbocycles. The Hall–Kier alpha value is -1.12. The molecule has 0 bridgehead atoms. The van der Waals surface area contributed by atoms with E-state index in [1.165, 1.54) is 19.3 Å². The van der Waals surface area contributed by atoms with Gasteiger partial charge in [0, 0.05) is 11.8 Å². The van der Waals surface area contributed by atoms with Gasteiger partial charge in [0.2, 0.25) is 0 Å². The molecule has 1 aromatic heterocycles. The third-order valence-corrected chi connectivity index (χ3v) is 2.92. The third-order valence-electron chi connectivity index (χ3n) is 2.92. The zero-order valence-electron chi connectivity index (χ0n) is 10.0. The minimum atomic E-state index is -0.627. The molecule has 0 aliphatic heterocycles. The second-order valence-corrected chi connectivity index (χ2v) is 4.31. The number of pyridine rings is 1. The fourth-order valence-electron chi connectivity index (χ4n) is 1.84. The van der Waals surface area contributed by atoms with Gasteiger partial charge in [0.15, 0.2) is 11.6 Å². The number of halogens is 1. The molecule has 0 fully saturated rings. The highest BCUT2D eigenvalue weighted by atomic mass is 19.1. The Morgan fingerprint density at radius 2 is 2.06 bits per heavy atom. The predicted octanol–water partition coefficient (Wildman–Crippen LogP) is 4.00. The fourth-order valence-corrected chi connectivity index (χ4v) is 1.84. The van der Waals surface area contributed by atoms with E-state index >= 15 is 0 Å². The van der Waals surface area contributed by atoms with Crippen molar-refractivity contribution in [2.75, 3.05) is 0 Å². The van der Waals surface area contributed by atoms with Crippen LogP contribution in [0.3, 0.4) is 0 Å². The first-order valence-electron chi connectivity index (χ1n) is 5.99. The highest BCUT2D eigenvalue weighted by molar-refractivity contribution is 5.32. The van der Waals surface area contributed by atoms with Gasteiger partial charge in [-0.1, -0.05) is 39.5 Å². The van der Waals surface area contributed by atoms with Gasteiger partial charge in [-0.2, -0.15) is 0 Å². The van der Waals surface area contributed by atoms with Crippen LogP contribution in [0.15, 0.2) is 12.4 Å². The summed E-state index contributed by atoms with van der Waals surface area (Å²) in [5.41, 5.74) is 0.622. The largest absolute Gasteiger partial charge is 0.505 e. The van der Waals surface area contributed by atoms with Crippen molar-refractivity contribution in [1.82, 2.24) is 4.98 Å². The van der Waals surface area contributed by atoms with E-state index in [9.17, 15) is 9.50 Å². The molecular weight excluding hydrogens is 205 g/mol. The summed E-state index contributed by atoms with van der Waals surface area (Å²) in [6.45, 7) is 4.17. The number of aromatic nitrogens is 1. The number of unbranched alkanes of at least 4 members (excludes halogenated alkanes) is 3. The van der Waals surface area contributed by atoms with E-state index in [0.29, 0.717) is 5.56 Å². The van der Waals surface area contributed by atoms with E-state index < -0.39 is 5.82 Å². The molecule has 1 heterocycles. The van der Waals surface area contributed by atoms with Gasteiger partial charge in [0.1, 0.15) is 0 Å². The van der Waals surface area contributed by atoms with Crippen LogP contribution in [0, 0.1) is 5.82 Å². The lowest BCUT2D eigenvalue weighted by Gasteiger charge is -2.12. The van der Waals surface area contributed by atoms with Gasteiger partial charge in [0.05, 0.1) is 6.20 Å². The van der Waals surface area contributed by atoms with Gasteiger partial charge in [-0.3, -0.25) is 4.98 Å². The lowest BCUT2D eigenvalue weighted by molar-refractivity contribution is 0.416. The van der Waals surface area contributed by atoms with Crippen molar-refractivity contribution >= 4 is 0 Å². The SMILES string of the molecule is CCCCCCC(C)c1cncc(F)c1O. The van der Waals surface area contributed by atoms with E-state index in [4.69, 9.17) is 0 Å². The first kappa shape index (κ1) is 12.9. The van der Waals surface area contributed by atoms with Crippen molar-refractivity contribution in [1.29, 1.82) is 0 Å². The van der Waals surface area contributed by atoms with Gasteiger partial charge in [0.25, 0.3) is 0 Å². The summed E-state index contributed by atoms with van der Waals surface area (Å²) in [7, 11) is 0. The minimum absolute atomic E-state index is 0.167. The molecule has 1 unspecified atom stereocenters. The molecule has 1 N–H and O–H groups in total. The smallest absolute Gasteiger partial charge is 0.183 e. The monoisotopic (exact) mass is 225 g/mol. The summed E-state index contributed by atoms with van der Waals surface area (Å²) < 4.78 is 13.1. The molecule has 0 aromatic carbocycles. The Morgan fingerprint density at radius 3 is 2.75 bits per heavy atom. The molecule has 1 atom stereocenters. The van der Waals surface area contributed by atoms with Crippen LogP contribution < -0.4 is 0 Å². The summed E-state index contributed by atoms with van der Waals surface area (Å²) in [4.78, 5) is 3.78. The van der Waals surface area contributed by atoms with Crippen LogP contribution >= 0.6 is 0 Å². The normalized spacial score (nSPS) is 12.7. The molecule has 0 amide bonds. The standard InChI is InChI=1S/C13H20FNO/c1-3-4-5-6-7-10(2)11-8-15-9-12(14)13(11)16/h8-10H,3-7H2,1-2H3,(H,15,16). The van der Waals surface area contributed by atoms with Crippen LogP contribution in [0.25, 0.3) is 0 Å². The highest BCUT2D eigenvalue weighted by Gasteiger charge is 2.13. The third kappa shape index (κ3) is 3.47. The van der Waals surface area contributed by atoms with E-state index in [1.807, 2.05) is 6.92 Å². The molecule has 0 spiro atoms. The first-order valence-corrected chi connectivity index (χ1v) is 5.99. The molecule has 3 heteroatoms. The molecule has 2 nitrogen and oxygen atoms in total. The van der Waals surface area contributed by atoms with E-state index in [-0.39, 0.29) is 11.7 Å². The van der Waals surface area contributed by atoms with Crippen molar-refractivity contribution in [3.8, 4) is 5.75 Å². The molecule has 16 heavy (non-hydrogen) atoms. The Morgan fingerprint density at radius 1 is 1.31 bits per heavy atom. The number of hydrogen-bond donors (Lipinski definition) is 1. The van der Waals surface area contributed by atoms with Crippen LogP contribution in [0.1, 0.15) is 57.4 Å². The first-order chi connectivity index (χ1) is 7.66. The van der Waals surface area contributed by atoms with Crippen LogP contribution in [0.2, 0.25) is 0 Å². The number of hydrogen-bond acceptors (Lipinski definition) is 2. The van der Waals surface area contributed by atoms with Crippen molar-refractivity contribution in [3.05, 3.63) is 23.8 Å². The Bertz CT molecular complexity index is 328. The molecule has 0 saturated heterocycles. The maximum Gasteiger partial charge on any atom is 0.183 e. The second-order valence-electron chi connectivity index (χ2n) is 4.31. The van der Waals surface area contributed by atoms with Crippen LogP contribution in [-0.2, 0) is 0 Å². The molecule has 0 saturated carbocycles. The quantitative estimate of drug-likeness (QED) is 0.742. The number of aromatic hydroxyl groups is 1. The van der Waals surface area contributed by atoms with Gasteiger partial charge >= 0.3 is 0 Å². The predicted molar refractivity (Wildman–Crippen MR) is 63.0 cm³/mol. The van der Waals surface area contributed by atoms with Gasteiger partial charge in [-0.15, -0.1) is 0 Å². The lowest BCUT2D eigenvalue weighted by Crippen LogP contribution is -1.97. The Labute approximate surface area is 96.5 Å². The molecule has 1 rings (SSSR count). The number of nitrogens with zero attached hydrogens (tertiary/aromatic N) is 1. The summed E-state index contributed by atoms with van der Waals surface area (Å²) >= 11 is 0. The zero-order chi connectivity index (χ0) is 12.0. The van der Waals surface area contributed by atoms with Crippen molar-refractivity contribution < 1.29 is 9.50 Å². The average Bonchev–Trinajstić information content (AvgIpc) is 2.28. The minimum Gasteiger partial charge on any atom is -0.505 e. The van der Waals surface area contributed by atoms with Crippen molar-refractivity contribution in [2.45, 2.75) is 51.9 Å². The lowest BCUT2D eigenvalue weighted by atomic mass is 9.95. The average molecular weight is 225 g/mol. The maximum atomic E-state index is 13.1. The highest BCUT2D eigenvalue weighted by Crippen LogP contribution is 2.30. The van der Waals surface area contributed by atoms with Crippen LogP contribution in [-0.4, -0.2) is 10.1 Å². The Balaban J connectivity index is 2.52. The number of rotatable bonds is 6. The van der Waals surface area contributed by atoms with E-state index in [1.54, 1.807) is 6.20 Å². The zero-order valence-corrected chi connectivity index (χ0v) is 10.0. The van der Waals surface area contributed by atoms with Gasteiger partial charge < -0.3 is 5.11 Å². The maximum absolute atomic E-state index is 13.1. The topological polar surface area (TPSA) is 33.1 Å². The van der Waals surface area contributed by atoms with Crippen LogP contribution in [0.5, 0.6) is 5.75 Å². The van der Waals surface area contributed by atoms with Crippen molar-refractivity contribution in [3.63, 3.8) is 0 Å². The molecule has 1 aromatic rings. The van der Waals surface area contributed by atoms with Gasteiger partial charge in [-0.05, 0) is 12.3 Å². The summed E-state index contributed by atoms with van der Waals surface area (Å²) in [5.74, 6) is -0.698. The van der Waals surface area contributed by atoms with Gasteiger partial charge in [-0.25, -0.2) is 4.39 Å².